The van der Waals surface area contributed by atoms with Crippen LogP contribution in [0.1, 0.15) is 20.3 Å². The van der Waals surface area contributed by atoms with Crippen molar-refractivity contribution in [2.24, 2.45) is 17.3 Å². The molecule has 2 atom stereocenters. The molecule has 0 radical (unpaired) electrons. The average molecular weight is 306 g/mol. The highest BCUT2D eigenvalue weighted by Crippen LogP contribution is 2.41. The quantitative estimate of drug-likeness (QED) is 0.698. The molecule has 0 spiro atoms. The first-order valence-electron chi connectivity index (χ1n) is 7.31. The summed E-state index contributed by atoms with van der Waals surface area (Å²) in [5, 5.41) is 19.8. The van der Waals surface area contributed by atoms with Gasteiger partial charge in [0.15, 0.2) is 0 Å². The maximum atomic E-state index is 11.4. The van der Waals surface area contributed by atoms with Crippen molar-refractivity contribution < 1.29 is 14.3 Å². The van der Waals surface area contributed by atoms with Crippen LogP contribution in [0.5, 0.6) is 0 Å². The van der Waals surface area contributed by atoms with Crippen LogP contribution in [0.4, 0.5) is 0 Å². The number of nitrogens with one attached hydrogen (secondary N) is 1. The summed E-state index contributed by atoms with van der Waals surface area (Å²) in [5.41, 5.74) is -0.886. The zero-order chi connectivity index (χ0) is 16.8. The zero-order valence-corrected chi connectivity index (χ0v) is 13.3. The smallest absolute Gasteiger partial charge is 0.244 e. The molecule has 7 nitrogen and oxygen atoms in total. The van der Waals surface area contributed by atoms with E-state index in [2.05, 4.69) is 11.9 Å². The number of carbonyl (C=O) groups is 2. The van der Waals surface area contributed by atoms with Crippen LogP contribution in [-0.4, -0.2) is 50.1 Å². The molecule has 0 aliphatic carbocycles. The normalized spacial score (nSPS) is 32.0. The molecule has 2 aliphatic rings. The molecular weight excluding hydrogens is 284 g/mol. The first-order valence-corrected chi connectivity index (χ1v) is 7.31. The van der Waals surface area contributed by atoms with Crippen LogP contribution in [0.2, 0.25) is 0 Å². The van der Waals surface area contributed by atoms with Crippen LogP contribution in [-0.2, 0) is 14.3 Å². The summed E-state index contributed by atoms with van der Waals surface area (Å²) in [6, 6.07) is 3.73. The summed E-state index contributed by atoms with van der Waals surface area (Å²) in [4.78, 5) is 25.1. The molecule has 2 fully saturated rings. The second-order valence-electron chi connectivity index (χ2n) is 5.75. The molecule has 2 unspecified atom stereocenters. The highest BCUT2D eigenvalue weighted by molar-refractivity contribution is 6.03. The fourth-order valence-electron chi connectivity index (χ4n) is 2.51. The Labute approximate surface area is 130 Å². The summed E-state index contributed by atoms with van der Waals surface area (Å²) in [6.07, 6.45) is 0.433. The fraction of sp³-hybridized carbons (Fsp3) is 0.733. The predicted molar refractivity (Wildman–Crippen MR) is 78.1 cm³/mol. The number of likely N-dealkylation sites (N-methyl/N-ethyl adjacent to an activating group) is 1. The molecule has 7 heteroatoms. The van der Waals surface area contributed by atoms with Crippen molar-refractivity contribution in [3.8, 4) is 12.1 Å². The van der Waals surface area contributed by atoms with E-state index in [1.165, 1.54) is 0 Å². The maximum Gasteiger partial charge on any atom is 0.244 e. The molecule has 0 aromatic heterocycles. The number of nitrogens with zero attached hydrogens (tertiary/aromatic N) is 3. The highest BCUT2D eigenvalue weighted by atomic mass is 16.5. The largest absolute Gasteiger partial charge is 0.379 e. The van der Waals surface area contributed by atoms with E-state index in [0.29, 0.717) is 6.42 Å². The summed E-state index contributed by atoms with van der Waals surface area (Å²) in [7, 11) is 2.11. The first-order chi connectivity index (χ1) is 10.4. The molecule has 0 aromatic rings. The zero-order valence-electron chi connectivity index (χ0n) is 13.3. The van der Waals surface area contributed by atoms with Crippen LogP contribution in [0.25, 0.3) is 0 Å². The molecule has 2 rings (SSSR count). The van der Waals surface area contributed by atoms with Gasteiger partial charge in [0.05, 0.1) is 25.4 Å². The number of hydrogen-bond acceptors (Lipinski definition) is 6. The number of amides is 2. The van der Waals surface area contributed by atoms with Gasteiger partial charge in [0.2, 0.25) is 11.8 Å². The minimum atomic E-state index is -0.940. The highest BCUT2D eigenvalue weighted by Gasteiger charge is 2.52. The Balaban J connectivity index is 0.000000287. The Morgan fingerprint density at radius 2 is 1.68 bits per heavy atom. The Morgan fingerprint density at radius 3 is 1.95 bits per heavy atom. The maximum absolute atomic E-state index is 11.4. The number of piperidine rings is 1. The van der Waals surface area contributed by atoms with E-state index in [4.69, 9.17) is 15.3 Å². The van der Waals surface area contributed by atoms with E-state index in [1.54, 1.807) is 13.8 Å². The molecule has 2 amide bonds. The summed E-state index contributed by atoms with van der Waals surface area (Å²) in [6.45, 7) is 7.42. The molecular formula is C15H22N4O3. The second kappa shape index (κ2) is 7.88. The van der Waals surface area contributed by atoms with Crippen molar-refractivity contribution in [3.05, 3.63) is 0 Å². The van der Waals surface area contributed by atoms with Crippen LogP contribution in [0, 0.1) is 39.9 Å². The first kappa shape index (κ1) is 18.1. The number of ether oxygens (including phenoxy) is 1. The SMILES string of the molecule is CCC1(C)C(C#N)C(=O)NC(=O)C1C#N.CN1CCOCC1. The molecule has 1 N–H and O–H groups in total. The monoisotopic (exact) mass is 306 g/mol. The molecule has 0 aromatic carbocycles. The number of imide groups is 1. The Hall–Kier alpha value is -1.96. The van der Waals surface area contributed by atoms with E-state index < -0.39 is 29.1 Å². The van der Waals surface area contributed by atoms with Crippen molar-refractivity contribution in [2.45, 2.75) is 20.3 Å². The Bertz CT molecular complexity index is 468. The van der Waals surface area contributed by atoms with Gasteiger partial charge in [-0.25, -0.2) is 0 Å². The van der Waals surface area contributed by atoms with Gasteiger partial charge >= 0.3 is 0 Å². The summed E-state index contributed by atoms with van der Waals surface area (Å²) < 4.78 is 5.10. The molecule has 2 saturated heterocycles. The van der Waals surface area contributed by atoms with Gasteiger partial charge in [-0.2, -0.15) is 10.5 Å². The van der Waals surface area contributed by atoms with E-state index in [0.717, 1.165) is 26.3 Å². The molecule has 0 saturated carbocycles. The van der Waals surface area contributed by atoms with Gasteiger partial charge in [-0.1, -0.05) is 13.8 Å². The number of hydrogen-bond donors (Lipinski definition) is 1. The van der Waals surface area contributed by atoms with E-state index in [9.17, 15) is 9.59 Å². The fourth-order valence-corrected chi connectivity index (χ4v) is 2.51. The van der Waals surface area contributed by atoms with Gasteiger partial charge in [-0.15, -0.1) is 0 Å². The lowest BCUT2D eigenvalue weighted by atomic mass is 9.64. The van der Waals surface area contributed by atoms with Gasteiger partial charge in [-0.3, -0.25) is 14.9 Å². The van der Waals surface area contributed by atoms with Crippen molar-refractivity contribution >= 4 is 11.8 Å². The van der Waals surface area contributed by atoms with E-state index >= 15 is 0 Å². The third-order valence-corrected chi connectivity index (χ3v) is 4.34. The van der Waals surface area contributed by atoms with Crippen molar-refractivity contribution in [1.29, 1.82) is 10.5 Å². The lowest BCUT2D eigenvalue weighted by Gasteiger charge is -2.38. The molecule has 2 heterocycles. The number of morpholine rings is 1. The third-order valence-electron chi connectivity index (χ3n) is 4.34. The van der Waals surface area contributed by atoms with Crippen molar-refractivity contribution in [3.63, 3.8) is 0 Å². The molecule has 120 valence electrons. The third kappa shape index (κ3) is 3.82. The average Bonchev–Trinajstić information content (AvgIpc) is 2.49. The lowest BCUT2D eigenvalue weighted by molar-refractivity contribution is -0.144. The number of nitriles is 2. The Kier molecular flexibility index (Phi) is 6.48. The van der Waals surface area contributed by atoms with Gasteiger partial charge < -0.3 is 9.64 Å². The van der Waals surface area contributed by atoms with Crippen LogP contribution in [0.15, 0.2) is 0 Å². The van der Waals surface area contributed by atoms with Gasteiger partial charge in [0.25, 0.3) is 0 Å². The molecule has 22 heavy (non-hydrogen) atoms. The topological polar surface area (TPSA) is 106 Å². The molecule has 0 bridgehead atoms. The van der Waals surface area contributed by atoms with E-state index in [1.807, 2.05) is 17.5 Å². The van der Waals surface area contributed by atoms with Crippen LogP contribution >= 0.6 is 0 Å². The predicted octanol–water partition coefficient (Wildman–Crippen LogP) is 0.287. The lowest BCUT2D eigenvalue weighted by Crippen LogP contribution is -2.56. The number of carbonyl (C=O) groups excluding carboxylic acids is 2. The van der Waals surface area contributed by atoms with Crippen LogP contribution < -0.4 is 5.32 Å². The van der Waals surface area contributed by atoms with Crippen molar-refractivity contribution in [2.75, 3.05) is 33.4 Å². The summed E-state index contributed by atoms with van der Waals surface area (Å²) >= 11 is 0. The standard InChI is InChI=1S/C10H11N3O2.C5H11NO/c1-3-10(2)6(4-11)8(14)13-9(15)7(10)5-12;1-6-2-4-7-5-3-6/h6-7H,3H2,1-2H3,(H,13,14,15);2-5H2,1H3. The van der Waals surface area contributed by atoms with Crippen molar-refractivity contribution in [1.82, 2.24) is 10.2 Å². The van der Waals surface area contributed by atoms with E-state index in [-0.39, 0.29) is 0 Å². The minimum Gasteiger partial charge on any atom is -0.379 e. The Morgan fingerprint density at radius 1 is 1.23 bits per heavy atom. The summed E-state index contributed by atoms with van der Waals surface area (Å²) in [5.74, 6) is -3.08. The number of rotatable bonds is 1. The van der Waals surface area contributed by atoms with Gasteiger partial charge in [-0.05, 0) is 13.5 Å². The molecule has 2 aliphatic heterocycles. The second-order valence-corrected chi connectivity index (χ2v) is 5.75. The van der Waals surface area contributed by atoms with Crippen LogP contribution in [0.3, 0.4) is 0 Å². The van der Waals surface area contributed by atoms with Gasteiger partial charge in [0, 0.05) is 18.5 Å². The minimum absolute atomic E-state index is 0.433. The van der Waals surface area contributed by atoms with Gasteiger partial charge in [0.1, 0.15) is 11.8 Å².